The van der Waals surface area contributed by atoms with Gasteiger partial charge in [0.25, 0.3) is 0 Å². The van der Waals surface area contributed by atoms with Crippen molar-refractivity contribution in [3.05, 3.63) is 77.9 Å². The second kappa shape index (κ2) is 7.33. The third kappa shape index (κ3) is 3.81. The van der Waals surface area contributed by atoms with Crippen LogP contribution in [0.1, 0.15) is 11.1 Å². The number of rotatable bonds is 5. The van der Waals surface area contributed by atoms with Crippen molar-refractivity contribution in [3.63, 3.8) is 0 Å². The highest BCUT2D eigenvalue weighted by Crippen LogP contribution is 2.29. The Hall–Kier alpha value is -2.99. The molecule has 0 heterocycles. The second-order valence-corrected chi connectivity index (χ2v) is 5.24. The fraction of sp³-hybridized carbons (Fsp3) is 0.150. The molecule has 3 heteroatoms. The zero-order valence-corrected chi connectivity index (χ0v) is 13.7. The molecule has 0 saturated carbocycles. The summed E-state index contributed by atoms with van der Waals surface area (Å²) in [5, 5.41) is 9.09. The number of nitrogens with zero attached hydrogens (tertiary/aromatic N) is 2. The van der Waals surface area contributed by atoms with Crippen LogP contribution in [0.25, 0.3) is 5.70 Å². The fourth-order valence-electron chi connectivity index (χ4n) is 2.36. The monoisotopic (exact) mass is 304 g/mol. The predicted molar refractivity (Wildman–Crippen MR) is 95.3 cm³/mol. The van der Waals surface area contributed by atoms with Gasteiger partial charge in [-0.1, -0.05) is 30.8 Å². The molecular formula is C20H20N2O. The van der Waals surface area contributed by atoms with Crippen LogP contribution in [0.3, 0.4) is 0 Å². The Morgan fingerprint density at radius 1 is 1.17 bits per heavy atom. The largest absolute Gasteiger partial charge is 0.497 e. The van der Waals surface area contributed by atoms with Crippen LogP contribution in [0.15, 0.2) is 66.8 Å². The molecule has 23 heavy (non-hydrogen) atoms. The van der Waals surface area contributed by atoms with Gasteiger partial charge in [-0.15, -0.1) is 0 Å². The van der Waals surface area contributed by atoms with E-state index in [1.54, 1.807) is 7.11 Å². The summed E-state index contributed by atoms with van der Waals surface area (Å²) in [4.78, 5) is 2.05. The molecular weight excluding hydrogens is 284 g/mol. The lowest BCUT2D eigenvalue weighted by Crippen LogP contribution is -2.16. The first-order valence-electron chi connectivity index (χ1n) is 7.31. The number of aryl methyl sites for hydroxylation is 1. The maximum Gasteiger partial charge on any atom is 0.119 e. The van der Waals surface area contributed by atoms with E-state index >= 15 is 0 Å². The lowest BCUT2D eigenvalue weighted by molar-refractivity contribution is 0.415. The summed E-state index contributed by atoms with van der Waals surface area (Å²) < 4.78 is 5.20. The van der Waals surface area contributed by atoms with E-state index < -0.39 is 0 Å². The molecule has 0 aromatic heterocycles. The van der Waals surface area contributed by atoms with Crippen molar-refractivity contribution in [2.75, 3.05) is 19.1 Å². The molecule has 2 aromatic rings. The molecule has 116 valence electrons. The molecule has 0 radical (unpaired) electrons. The molecule has 3 nitrogen and oxygen atoms in total. The van der Waals surface area contributed by atoms with Crippen molar-refractivity contribution in [3.8, 4) is 11.8 Å². The van der Waals surface area contributed by atoms with Gasteiger partial charge in [0.2, 0.25) is 0 Å². The molecule has 0 fully saturated rings. The SMILES string of the molecule is C=C(C#N)/C=C(\c1ccccc1C)N(C)c1ccc(OC)cc1. The average molecular weight is 304 g/mol. The summed E-state index contributed by atoms with van der Waals surface area (Å²) in [5.74, 6) is 0.810. The minimum Gasteiger partial charge on any atom is -0.497 e. The third-order valence-corrected chi connectivity index (χ3v) is 3.70. The van der Waals surface area contributed by atoms with Crippen molar-refractivity contribution >= 4 is 11.4 Å². The molecule has 0 aliphatic rings. The van der Waals surface area contributed by atoms with Crippen LogP contribution in [-0.4, -0.2) is 14.2 Å². The lowest BCUT2D eigenvalue weighted by Gasteiger charge is -2.24. The van der Waals surface area contributed by atoms with E-state index in [1.807, 2.05) is 60.5 Å². The summed E-state index contributed by atoms with van der Waals surface area (Å²) in [6.07, 6.45) is 1.81. The van der Waals surface area contributed by atoms with Gasteiger partial charge in [-0.05, 0) is 42.8 Å². The Balaban J connectivity index is 2.49. The van der Waals surface area contributed by atoms with Crippen LogP contribution < -0.4 is 9.64 Å². The molecule has 0 atom stereocenters. The smallest absolute Gasteiger partial charge is 0.119 e. The van der Waals surface area contributed by atoms with E-state index in [4.69, 9.17) is 10.00 Å². The molecule has 0 saturated heterocycles. The number of methoxy groups -OCH3 is 1. The normalized spacial score (nSPS) is 10.8. The Kier molecular flexibility index (Phi) is 5.22. The zero-order chi connectivity index (χ0) is 16.8. The minimum atomic E-state index is 0.420. The van der Waals surface area contributed by atoms with Gasteiger partial charge >= 0.3 is 0 Å². The number of benzene rings is 2. The highest BCUT2D eigenvalue weighted by atomic mass is 16.5. The predicted octanol–water partition coefficient (Wildman–Crippen LogP) is 4.56. The molecule has 0 unspecified atom stereocenters. The van der Waals surface area contributed by atoms with E-state index in [1.165, 1.54) is 0 Å². The van der Waals surface area contributed by atoms with Crippen molar-refractivity contribution in [2.24, 2.45) is 0 Å². The minimum absolute atomic E-state index is 0.420. The van der Waals surface area contributed by atoms with Gasteiger partial charge in [-0.3, -0.25) is 0 Å². The molecule has 0 aliphatic carbocycles. The van der Waals surface area contributed by atoms with E-state index in [9.17, 15) is 0 Å². The van der Waals surface area contributed by atoms with Gasteiger partial charge in [0, 0.05) is 29.6 Å². The summed E-state index contributed by atoms with van der Waals surface area (Å²) in [6.45, 7) is 5.84. The summed E-state index contributed by atoms with van der Waals surface area (Å²) in [6, 6.07) is 18.0. The van der Waals surface area contributed by atoms with Gasteiger partial charge in [-0.2, -0.15) is 5.26 Å². The summed E-state index contributed by atoms with van der Waals surface area (Å²) >= 11 is 0. The van der Waals surface area contributed by atoms with Gasteiger partial charge < -0.3 is 9.64 Å². The van der Waals surface area contributed by atoms with Crippen LogP contribution in [-0.2, 0) is 0 Å². The lowest BCUT2D eigenvalue weighted by atomic mass is 10.0. The molecule has 0 amide bonds. The first-order valence-corrected chi connectivity index (χ1v) is 7.31. The van der Waals surface area contributed by atoms with E-state index in [0.717, 1.165) is 28.3 Å². The molecule has 0 N–H and O–H groups in total. The highest BCUT2D eigenvalue weighted by molar-refractivity contribution is 5.82. The van der Waals surface area contributed by atoms with Gasteiger partial charge in [0.15, 0.2) is 0 Å². The van der Waals surface area contributed by atoms with Crippen LogP contribution in [0.2, 0.25) is 0 Å². The summed E-state index contributed by atoms with van der Waals surface area (Å²) in [5.41, 5.74) is 4.57. The maximum atomic E-state index is 9.09. The Bertz CT molecular complexity index is 767. The van der Waals surface area contributed by atoms with E-state index in [2.05, 4.69) is 25.6 Å². The van der Waals surface area contributed by atoms with Gasteiger partial charge in [0.1, 0.15) is 5.75 Å². The van der Waals surface area contributed by atoms with Crippen molar-refractivity contribution in [2.45, 2.75) is 6.92 Å². The van der Waals surface area contributed by atoms with Crippen LogP contribution in [0, 0.1) is 18.3 Å². The first-order chi connectivity index (χ1) is 11.1. The topological polar surface area (TPSA) is 36.3 Å². The number of hydrogen-bond acceptors (Lipinski definition) is 3. The molecule has 0 spiro atoms. The average Bonchev–Trinajstić information content (AvgIpc) is 2.59. The standard InChI is InChI=1S/C20H20N2O/c1-15(14-21)13-20(19-8-6-5-7-16(19)2)22(3)17-9-11-18(23-4)12-10-17/h5-13H,1H2,2-4H3/b20-13+. The Morgan fingerprint density at radius 3 is 2.39 bits per heavy atom. The molecule has 2 aromatic carbocycles. The second-order valence-electron chi connectivity index (χ2n) is 5.24. The Labute approximate surface area is 137 Å². The molecule has 0 bridgehead atoms. The number of ether oxygens (including phenoxy) is 1. The van der Waals surface area contributed by atoms with Crippen LogP contribution >= 0.6 is 0 Å². The first kappa shape index (κ1) is 16.4. The third-order valence-electron chi connectivity index (χ3n) is 3.70. The van der Waals surface area contributed by atoms with Crippen LogP contribution in [0.5, 0.6) is 5.75 Å². The van der Waals surface area contributed by atoms with Crippen LogP contribution in [0.4, 0.5) is 5.69 Å². The number of nitriles is 1. The van der Waals surface area contributed by atoms with E-state index in [0.29, 0.717) is 5.57 Å². The Morgan fingerprint density at radius 2 is 1.83 bits per heavy atom. The van der Waals surface area contributed by atoms with Crippen molar-refractivity contribution in [1.29, 1.82) is 5.26 Å². The highest BCUT2D eigenvalue weighted by Gasteiger charge is 2.12. The molecule has 0 aliphatic heterocycles. The fourth-order valence-corrected chi connectivity index (χ4v) is 2.36. The van der Waals surface area contributed by atoms with Gasteiger partial charge in [-0.25, -0.2) is 0 Å². The maximum absolute atomic E-state index is 9.09. The quantitative estimate of drug-likeness (QED) is 0.600. The van der Waals surface area contributed by atoms with Gasteiger partial charge in [0.05, 0.1) is 13.2 Å². The number of anilines is 1. The van der Waals surface area contributed by atoms with E-state index in [-0.39, 0.29) is 0 Å². The molecule has 2 rings (SSSR count). The number of hydrogen-bond donors (Lipinski definition) is 0. The zero-order valence-electron chi connectivity index (χ0n) is 13.7. The van der Waals surface area contributed by atoms with Crippen molar-refractivity contribution in [1.82, 2.24) is 0 Å². The van der Waals surface area contributed by atoms with Crippen molar-refractivity contribution < 1.29 is 4.74 Å². The summed E-state index contributed by atoms with van der Waals surface area (Å²) in [7, 11) is 3.62. The number of allylic oxidation sites excluding steroid dienone is 2.